The first-order valence-electron chi connectivity index (χ1n) is 14.4. The van der Waals surface area contributed by atoms with Gasteiger partial charge in [0, 0.05) is 51.0 Å². The number of anilines is 2. The van der Waals surface area contributed by atoms with Gasteiger partial charge in [0.05, 0.1) is 11.1 Å². The van der Waals surface area contributed by atoms with Crippen LogP contribution in [0.2, 0.25) is 0 Å². The van der Waals surface area contributed by atoms with Crippen molar-refractivity contribution >= 4 is 17.7 Å². The van der Waals surface area contributed by atoms with Crippen LogP contribution < -0.4 is 10.2 Å². The fourth-order valence-electron chi connectivity index (χ4n) is 6.22. The Morgan fingerprint density at radius 3 is 2.44 bits per heavy atom. The molecule has 2 unspecified atom stereocenters. The molecule has 39 heavy (non-hydrogen) atoms. The zero-order valence-corrected chi connectivity index (χ0v) is 22.5. The molecule has 0 radical (unpaired) electrons. The van der Waals surface area contributed by atoms with Crippen molar-refractivity contribution in [1.29, 1.82) is 0 Å². The summed E-state index contributed by atoms with van der Waals surface area (Å²) in [6.07, 6.45) is 7.02. The number of benzene rings is 1. The first kappa shape index (κ1) is 27.7. The molecule has 3 aliphatic rings. The Morgan fingerprint density at radius 1 is 0.872 bits per heavy atom. The fraction of sp³-hybridized carbons (Fsp3) is 0.621. The lowest BCUT2D eigenvalue weighted by molar-refractivity contribution is -0.138. The van der Waals surface area contributed by atoms with Gasteiger partial charge in [-0.15, -0.1) is 0 Å². The van der Waals surface area contributed by atoms with Crippen molar-refractivity contribution in [2.24, 2.45) is 0 Å². The Kier molecular flexibility index (Phi) is 8.89. The van der Waals surface area contributed by atoms with E-state index in [0.717, 1.165) is 70.2 Å². The highest BCUT2D eigenvalue weighted by Gasteiger charge is 2.37. The number of amides is 1. The Bertz CT molecular complexity index is 1100. The van der Waals surface area contributed by atoms with Crippen molar-refractivity contribution in [2.75, 3.05) is 49.5 Å². The topological polar surface area (TPSA) is 64.6 Å². The van der Waals surface area contributed by atoms with Crippen LogP contribution in [-0.4, -0.2) is 77.0 Å². The molecule has 0 aliphatic carbocycles. The van der Waals surface area contributed by atoms with Gasteiger partial charge in [-0.1, -0.05) is 31.4 Å². The Balaban J connectivity index is 1.24. The lowest BCUT2D eigenvalue weighted by atomic mass is 10.0. The number of hydrogen-bond acceptors (Lipinski definition) is 6. The number of rotatable bonds is 5. The number of nitrogens with zero attached hydrogens (tertiary/aromatic N) is 5. The highest BCUT2D eigenvalue weighted by atomic mass is 19.4. The molecule has 2 atom stereocenters. The molecule has 1 amide bonds. The van der Waals surface area contributed by atoms with Crippen molar-refractivity contribution in [2.45, 2.75) is 76.0 Å². The molecule has 2 aromatic rings. The molecule has 1 aromatic heterocycles. The second-order valence-corrected chi connectivity index (χ2v) is 11.1. The summed E-state index contributed by atoms with van der Waals surface area (Å²) >= 11 is 0. The van der Waals surface area contributed by atoms with Gasteiger partial charge in [0.1, 0.15) is 5.82 Å². The van der Waals surface area contributed by atoms with Gasteiger partial charge < -0.3 is 15.1 Å². The highest BCUT2D eigenvalue weighted by Crippen LogP contribution is 2.33. The van der Waals surface area contributed by atoms with E-state index in [4.69, 9.17) is 4.98 Å². The lowest BCUT2D eigenvalue weighted by Gasteiger charge is -2.40. The minimum atomic E-state index is -4.56. The molecule has 3 aliphatic heterocycles. The van der Waals surface area contributed by atoms with Crippen molar-refractivity contribution in [3.05, 3.63) is 47.7 Å². The molecule has 10 heteroatoms. The predicted molar refractivity (Wildman–Crippen MR) is 146 cm³/mol. The van der Waals surface area contributed by atoms with Crippen LogP contribution in [0.5, 0.6) is 0 Å². The minimum Gasteiger partial charge on any atom is -0.356 e. The first-order valence-corrected chi connectivity index (χ1v) is 14.4. The smallest absolute Gasteiger partial charge is 0.356 e. The van der Waals surface area contributed by atoms with Gasteiger partial charge in [-0.3, -0.25) is 9.69 Å². The van der Waals surface area contributed by atoms with Gasteiger partial charge in [0.25, 0.3) is 5.91 Å². The summed E-state index contributed by atoms with van der Waals surface area (Å²) < 4.78 is 40.7. The van der Waals surface area contributed by atoms with Crippen LogP contribution in [0.15, 0.2) is 36.5 Å². The van der Waals surface area contributed by atoms with E-state index in [-0.39, 0.29) is 17.6 Å². The number of hydrogen-bond donors (Lipinski definition) is 1. The Morgan fingerprint density at radius 2 is 1.64 bits per heavy atom. The minimum absolute atomic E-state index is 0.118. The number of piperidine rings is 1. The SMILES string of the molecule is O=C(c1ccccc1C(F)(F)F)N1CCCC(N2CCCCC(Nc3nccc(N4CCCCCC4)n3)C2)C1. The van der Waals surface area contributed by atoms with Crippen molar-refractivity contribution in [3.63, 3.8) is 0 Å². The highest BCUT2D eigenvalue weighted by molar-refractivity contribution is 5.96. The molecular weight excluding hydrogens is 505 g/mol. The maximum absolute atomic E-state index is 13.6. The van der Waals surface area contributed by atoms with E-state index in [1.807, 2.05) is 12.3 Å². The van der Waals surface area contributed by atoms with E-state index in [9.17, 15) is 18.0 Å². The van der Waals surface area contributed by atoms with E-state index in [2.05, 4.69) is 20.1 Å². The fourth-order valence-corrected chi connectivity index (χ4v) is 6.22. The molecule has 1 N–H and O–H groups in total. The van der Waals surface area contributed by atoms with E-state index >= 15 is 0 Å². The summed E-state index contributed by atoms with van der Waals surface area (Å²) in [7, 11) is 0. The summed E-state index contributed by atoms with van der Waals surface area (Å²) in [4.78, 5) is 28.9. The third kappa shape index (κ3) is 7.01. The summed E-state index contributed by atoms with van der Waals surface area (Å²) in [5.74, 6) is 1.09. The summed E-state index contributed by atoms with van der Waals surface area (Å²) in [6.45, 7) is 4.69. The second-order valence-electron chi connectivity index (χ2n) is 11.1. The van der Waals surface area contributed by atoms with Crippen LogP contribution in [0.4, 0.5) is 24.9 Å². The molecule has 4 heterocycles. The van der Waals surface area contributed by atoms with Crippen LogP contribution in [0.25, 0.3) is 0 Å². The van der Waals surface area contributed by atoms with Crippen LogP contribution in [0.3, 0.4) is 0 Å². The molecule has 7 nitrogen and oxygen atoms in total. The van der Waals surface area contributed by atoms with Gasteiger partial charge in [-0.05, 0) is 63.3 Å². The number of halogens is 3. The quantitative estimate of drug-likeness (QED) is 0.540. The van der Waals surface area contributed by atoms with Gasteiger partial charge in [0.15, 0.2) is 0 Å². The second kappa shape index (κ2) is 12.5. The Labute approximate surface area is 228 Å². The van der Waals surface area contributed by atoms with Crippen LogP contribution in [0, 0.1) is 0 Å². The summed E-state index contributed by atoms with van der Waals surface area (Å²) in [6, 6.07) is 7.39. The number of carbonyl (C=O) groups excluding carboxylic acids is 1. The summed E-state index contributed by atoms with van der Waals surface area (Å²) in [5, 5.41) is 3.57. The standard InChI is InChI=1S/C29H39F3N6O/c30-29(31,32)25-13-4-3-12-24(25)27(39)38-19-9-11-23(21-38)37-18-8-5-10-22(20-37)34-28-33-15-14-26(35-28)36-16-6-1-2-7-17-36/h3-4,12-15,22-23H,1-2,5-11,16-21H2,(H,33,34,35). The van der Waals surface area contributed by atoms with Crippen molar-refractivity contribution < 1.29 is 18.0 Å². The van der Waals surface area contributed by atoms with Crippen molar-refractivity contribution in [1.82, 2.24) is 19.8 Å². The Hall–Kier alpha value is -2.88. The maximum atomic E-state index is 13.6. The number of likely N-dealkylation sites (tertiary alicyclic amines) is 2. The van der Waals surface area contributed by atoms with E-state index in [1.54, 1.807) is 4.90 Å². The molecule has 0 bridgehead atoms. The normalized spacial score (nSPS) is 23.7. The number of nitrogens with one attached hydrogen (secondary N) is 1. The van der Waals surface area contributed by atoms with E-state index in [0.29, 0.717) is 19.0 Å². The average molecular weight is 545 g/mol. The van der Waals surface area contributed by atoms with Gasteiger partial charge >= 0.3 is 6.18 Å². The molecule has 5 rings (SSSR count). The van der Waals surface area contributed by atoms with Crippen molar-refractivity contribution in [3.8, 4) is 0 Å². The van der Waals surface area contributed by atoms with Gasteiger partial charge in [-0.25, -0.2) is 4.98 Å². The van der Waals surface area contributed by atoms with Crippen LogP contribution in [0.1, 0.15) is 73.7 Å². The number of aromatic nitrogens is 2. The predicted octanol–water partition coefficient (Wildman–Crippen LogP) is 5.45. The molecule has 0 spiro atoms. The maximum Gasteiger partial charge on any atom is 0.417 e. The molecule has 212 valence electrons. The molecular formula is C29H39F3N6O. The average Bonchev–Trinajstić information content (AvgIpc) is 3.36. The molecule has 0 saturated carbocycles. The van der Waals surface area contributed by atoms with Gasteiger partial charge in [0.2, 0.25) is 5.95 Å². The zero-order chi connectivity index (χ0) is 27.2. The molecule has 3 saturated heterocycles. The number of carbonyl (C=O) groups is 1. The number of alkyl halides is 3. The third-order valence-corrected chi connectivity index (χ3v) is 8.27. The summed E-state index contributed by atoms with van der Waals surface area (Å²) in [5.41, 5.74) is -1.12. The monoisotopic (exact) mass is 544 g/mol. The zero-order valence-electron chi connectivity index (χ0n) is 22.5. The third-order valence-electron chi connectivity index (χ3n) is 8.27. The van der Waals surface area contributed by atoms with Crippen LogP contribution >= 0.6 is 0 Å². The van der Waals surface area contributed by atoms with E-state index in [1.165, 1.54) is 43.9 Å². The largest absolute Gasteiger partial charge is 0.417 e. The molecule has 3 fully saturated rings. The van der Waals surface area contributed by atoms with Gasteiger partial charge in [-0.2, -0.15) is 18.2 Å². The lowest BCUT2D eigenvalue weighted by Crippen LogP contribution is -2.52. The van der Waals surface area contributed by atoms with E-state index < -0.39 is 17.6 Å². The first-order chi connectivity index (χ1) is 18.9. The van der Waals surface area contributed by atoms with Crippen LogP contribution in [-0.2, 0) is 6.18 Å². The molecule has 1 aromatic carbocycles.